The molecule has 7 heteroatoms. The van der Waals surface area contributed by atoms with Crippen LogP contribution in [0.5, 0.6) is 0 Å². The SMILES string of the molecule is COC(=O)CCNCc1nc2ccsc2c(=O)[nH]1. The van der Waals surface area contributed by atoms with E-state index in [1.54, 1.807) is 0 Å². The molecule has 96 valence electrons. The maximum absolute atomic E-state index is 11.7. The molecule has 0 aliphatic carbocycles. The average molecular weight is 267 g/mol. The second kappa shape index (κ2) is 5.74. The summed E-state index contributed by atoms with van der Waals surface area (Å²) in [6.45, 7) is 0.899. The van der Waals surface area contributed by atoms with E-state index in [4.69, 9.17) is 0 Å². The van der Waals surface area contributed by atoms with Crippen molar-refractivity contribution in [2.75, 3.05) is 13.7 Å². The van der Waals surface area contributed by atoms with E-state index in [1.165, 1.54) is 18.4 Å². The number of aromatic amines is 1. The highest BCUT2D eigenvalue weighted by Crippen LogP contribution is 2.13. The van der Waals surface area contributed by atoms with Gasteiger partial charge < -0.3 is 15.0 Å². The molecule has 0 aliphatic rings. The number of methoxy groups -OCH3 is 1. The van der Waals surface area contributed by atoms with Crippen LogP contribution in [0.4, 0.5) is 0 Å². The van der Waals surface area contributed by atoms with Crippen molar-refractivity contribution in [2.24, 2.45) is 0 Å². The fraction of sp³-hybridized carbons (Fsp3) is 0.364. The van der Waals surface area contributed by atoms with E-state index in [9.17, 15) is 9.59 Å². The number of hydrogen-bond donors (Lipinski definition) is 2. The van der Waals surface area contributed by atoms with Gasteiger partial charge in [0.05, 0.1) is 25.6 Å². The number of hydrogen-bond acceptors (Lipinski definition) is 6. The fourth-order valence-electron chi connectivity index (χ4n) is 1.50. The van der Waals surface area contributed by atoms with Gasteiger partial charge in [0.15, 0.2) is 0 Å². The van der Waals surface area contributed by atoms with Crippen LogP contribution in [-0.4, -0.2) is 29.6 Å². The molecule has 0 unspecified atom stereocenters. The lowest BCUT2D eigenvalue weighted by Crippen LogP contribution is -2.21. The molecule has 18 heavy (non-hydrogen) atoms. The van der Waals surface area contributed by atoms with Gasteiger partial charge in [0.2, 0.25) is 0 Å². The molecule has 0 bridgehead atoms. The first-order valence-electron chi connectivity index (χ1n) is 5.44. The molecule has 2 rings (SSSR count). The quantitative estimate of drug-likeness (QED) is 0.613. The van der Waals surface area contributed by atoms with Gasteiger partial charge in [-0.3, -0.25) is 9.59 Å². The van der Waals surface area contributed by atoms with E-state index in [2.05, 4.69) is 20.0 Å². The van der Waals surface area contributed by atoms with E-state index in [0.29, 0.717) is 35.6 Å². The summed E-state index contributed by atoms with van der Waals surface area (Å²) >= 11 is 1.37. The predicted octanol–water partition coefficient (Wildman–Crippen LogP) is 0.637. The molecule has 0 fully saturated rings. The second-order valence-corrected chi connectivity index (χ2v) is 4.57. The van der Waals surface area contributed by atoms with Crippen molar-refractivity contribution in [2.45, 2.75) is 13.0 Å². The third-order valence-corrected chi connectivity index (χ3v) is 3.29. The summed E-state index contributed by atoms with van der Waals surface area (Å²) in [5.41, 5.74) is 0.577. The van der Waals surface area contributed by atoms with Crippen LogP contribution in [0.15, 0.2) is 16.2 Å². The third-order valence-electron chi connectivity index (χ3n) is 2.39. The van der Waals surface area contributed by atoms with Gasteiger partial charge >= 0.3 is 5.97 Å². The first-order valence-corrected chi connectivity index (χ1v) is 6.32. The molecule has 6 nitrogen and oxygen atoms in total. The number of carbonyl (C=O) groups is 1. The summed E-state index contributed by atoms with van der Waals surface area (Å²) in [5.74, 6) is 0.299. The number of nitrogens with one attached hydrogen (secondary N) is 2. The van der Waals surface area contributed by atoms with Crippen LogP contribution in [-0.2, 0) is 16.1 Å². The van der Waals surface area contributed by atoms with Gasteiger partial charge in [0, 0.05) is 6.54 Å². The van der Waals surface area contributed by atoms with Crippen LogP contribution >= 0.6 is 11.3 Å². The monoisotopic (exact) mass is 267 g/mol. The minimum Gasteiger partial charge on any atom is -0.469 e. The number of esters is 1. The Morgan fingerprint density at radius 1 is 1.61 bits per heavy atom. The molecule has 0 atom stereocenters. The molecular formula is C11H13N3O3S. The van der Waals surface area contributed by atoms with Crippen LogP contribution in [0.2, 0.25) is 0 Å². The number of rotatable bonds is 5. The van der Waals surface area contributed by atoms with Gasteiger partial charge in [-0.1, -0.05) is 0 Å². The Morgan fingerprint density at radius 3 is 3.22 bits per heavy atom. The smallest absolute Gasteiger partial charge is 0.306 e. The van der Waals surface area contributed by atoms with Crippen LogP contribution < -0.4 is 10.9 Å². The van der Waals surface area contributed by atoms with Crippen molar-refractivity contribution in [1.82, 2.24) is 15.3 Å². The second-order valence-electron chi connectivity index (χ2n) is 3.65. The molecule has 2 heterocycles. The third kappa shape index (κ3) is 2.93. The minimum absolute atomic E-state index is 0.125. The van der Waals surface area contributed by atoms with Gasteiger partial charge in [-0.05, 0) is 11.4 Å². The first-order chi connectivity index (χ1) is 8.70. The van der Waals surface area contributed by atoms with Crippen LogP contribution in [0, 0.1) is 0 Å². The van der Waals surface area contributed by atoms with Gasteiger partial charge in [-0.25, -0.2) is 4.98 Å². The van der Waals surface area contributed by atoms with Gasteiger partial charge in [-0.15, -0.1) is 11.3 Å². The van der Waals surface area contributed by atoms with Crippen LogP contribution in [0.1, 0.15) is 12.2 Å². The van der Waals surface area contributed by atoms with E-state index in [-0.39, 0.29) is 11.5 Å². The van der Waals surface area contributed by atoms with Crippen LogP contribution in [0.25, 0.3) is 10.2 Å². The molecule has 2 N–H and O–H groups in total. The highest BCUT2D eigenvalue weighted by atomic mass is 32.1. The molecular weight excluding hydrogens is 254 g/mol. The van der Waals surface area contributed by atoms with E-state index >= 15 is 0 Å². The van der Waals surface area contributed by atoms with Crippen molar-refractivity contribution in [3.8, 4) is 0 Å². The molecule has 0 aliphatic heterocycles. The first kappa shape index (κ1) is 12.7. The number of H-pyrrole nitrogens is 1. The number of thiophene rings is 1. The predicted molar refractivity (Wildman–Crippen MR) is 68.6 cm³/mol. The van der Waals surface area contributed by atoms with Crippen molar-refractivity contribution in [3.05, 3.63) is 27.6 Å². The molecule has 0 amide bonds. The zero-order valence-electron chi connectivity index (χ0n) is 9.86. The van der Waals surface area contributed by atoms with Gasteiger partial charge in [-0.2, -0.15) is 0 Å². The highest BCUT2D eigenvalue weighted by Gasteiger charge is 2.05. The molecule has 2 aromatic rings. The fourth-order valence-corrected chi connectivity index (χ4v) is 2.23. The minimum atomic E-state index is -0.266. The highest BCUT2D eigenvalue weighted by molar-refractivity contribution is 7.17. The van der Waals surface area contributed by atoms with Crippen molar-refractivity contribution >= 4 is 27.5 Å². The maximum atomic E-state index is 11.7. The Balaban J connectivity index is 1.95. The van der Waals surface area contributed by atoms with Crippen molar-refractivity contribution < 1.29 is 9.53 Å². The Labute approximate surface area is 107 Å². The lowest BCUT2D eigenvalue weighted by atomic mass is 10.4. The number of nitrogens with zero attached hydrogens (tertiary/aromatic N) is 1. The standard InChI is InChI=1S/C11H13N3O3S/c1-17-9(15)2-4-12-6-8-13-7-3-5-18-10(7)11(16)14-8/h3,5,12H,2,4,6H2,1H3,(H,13,14,16). The summed E-state index contributed by atoms with van der Waals surface area (Å²) in [4.78, 5) is 29.6. The number of aromatic nitrogens is 2. The lowest BCUT2D eigenvalue weighted by molar-refractivity contribution is -0.140. The Hall–Kier alpha value is -1.73. The summed E-state index contributed by atoms with van der Waals surface area (Å²) in [5, 5.41) is 4.86. The Morgan fingerprint density at radius 2 is 2.44 bits per heavy atom. The maximum Gasteiger partial charge on any atom is 0.306 e. The van der Waals surface area contributed by atoms with Gasteiger partial charge in [0.1, 0.15) is 10.5 Å². The van der Waals surface area contributed by atoms with Crippen molar-refractivity contribution in [3.63, 3.8) is 0 Å². The summed E-state index contributed by atoms with van der Waals surface area (Å²) < 4.78 is 5.15. The van der Waals surface area contributed by atoms with Gasteiger partial charge in [0.25, 0.3) is 5.56 Å². The molecule has 2 aromatic heterocycles. The molecule has 0 aromatic carbocycles. The Bertz CT molecular complexity index is 605. The summed E-state index contributed by atoms with van der Waals surface area (Å²) in [6, 6.07) is 1.81. The summed E-state index contributed by atoms with van der Waals surface area (Å²) in [6.07, 6.45) is 0.293. The normalized spacial score (nSPS) is 10.7. The molecule has 0 radical (unpaired) electrons. The molecule has 0 saturated heterocycles. The zero-order chi connectivity index (χ0) is 13.0. The Kier molecular flexibility index (Phi) is 4.06. The average Bonchev–Trinajstić information content (AvgIpc) is 2.83. The summed E-state index contributed by atoms with van der Waals surface area (Å²) in [7, 11) is 1.35. The zero-order valence-corrected chi connectivity index (χ0v) is 10.7. The van der Waals surface area contributed by atoms with Crippen LogP contribution in [0.3, 0.4) is 0 Å². The molecule has 0 saturated carbocycles. The molecule has 0 spiro atoms. The van der Waals surface area contributed by atoms with E-state index in [1.807, 2.05) is 11.4 Å². The largest absolute Gasteiger partial charge is 0.469 e. The number of ether oxygens (including phenoxy) is 1. The lowest BCUT2D eigenvalue weighted by Gasteiger charge is -2.03. The van der Waals surface area contributed by atoms with E-state index in [0.717, 1.165) is 0 Å². The number of fused-ring (bicyclic) bond motifs is 1. The topological polar surface area (TPSA) is 84.1 Å². The van der Waals surface area contributed by atoms with E-state index < -0.39 is 0 Å². The van der Waals surface area contributed by atoms with Crippen molar-refractivity contribution in [1.29, 1.82) is 0 Å². The number of carbonyl (C=O) groups excluding carboxylic acids is 1.